The molecule has 0 N–H and O–H groups in total. The van der Waals surface area contributed by atoms with Gasteiger partial charge >= 0.3 is 17.1 Å². The molecule has 0 saturated heterocycles. The van der Waals surface area contributed by atoms with Crippen molar-refractivity contribution in [1.82, 2.24) is 0 Å². The van der Waals surface area contributed by atoms with Gasteiger partial charge in [0.15, 0.2) is 5.90 Å². The van der Waals surface area contributed by atoms with E-state index in [1.54, 1.807) is 0 Å². The van der Waals surface area contributed by atoms with Gasteiger partial charge in [0.2, 0.25) is 0 Å². The summed E-state index contributed by atoms with van der Waals surface area (Å²) in [6.07, 6.45) is 16.5. The molecule has 2 aliphatic carbocycles. The summed E-state index contributed by atoms with van der Waals surface area (Å²) in [6, 6.07) is 21.5. The van der Waals surface area contributed by atoms with E-state index in [4.69, 9.17) is 9.73 Å². The van der Waals surface area contributed by atoms with Crippen molar-refractivity contribution in [2.24, 2.45) is 4.99 Å². The summed E-state index contributed by atoms with van der Waals surface area (Å²) in [6.45, 7) is 4.86. The molecule has 2 aromatic rings. The molecule has 0 amide bonds. The Balaban J connectivity index is 0.000000401. The third kappa shape index (κ3) is 6.44. The van der Waals surface area contributed by atoms with Crippen LogP contribution in [0, 0.1) is 62.9 Å². The average molecular weight is 467 g/mol. The van der Waals surface area contributed by atoms with Crippen molar-refractivity contribution >= 4 is 24.4 Å². The van der Waals surface area contributed by atoms with Gasteiger partial charge in [0, 0.05) is 5.66 Å². The topological polar surface area (TPSA) is 21.6 Å². The van der Waals surface area contributed by atoms with Crippen LogP contribution in [0.5, 0.6) is 0 Å². The van der Waals surface area contributed by atoms with Gasteiger partial charge in [-0.15, -0.1) is 0 Å². The molecular formula is C27H26FeNOP+2. The van der Waals surface area contributed by atoms with E-state index in [1.807, 2.05) is 32.1 Å². The summed E-state index contributed by atoms with van der Waals surface area (Å²) in [5.41, 5.74) is 1.16. The Morgan fingerprint density at radius 3 is 1.71 bits per heavy atom. The Hall–Kier alpha value is -1.14. The predicted molar refractivity (Wildman–Crippen MR) is 127 cm³/mol. The first kappa shape index (κ1) is 24.5. The number of rotatable bonds is 4. The van der Waals surface area contributed by atoms with Crippen molar-refractivity contribution in [3.8, 4) is 0 Å². The summed E-state index contributed by atoms with van der Waals surface area (Å²) in [7, 11) is -0.638. The second-order valence-electron chi connectivity index (χ2n) is 7.81. The fourth-order valence-corrected chi connectivity index (χ4v) is 5.85. The first-order chi connectivity index (χ1) is 14.6. The van der Waals surface area contributed by atoms with Crippen LogP contribution in [0.3, 0.4) is 0 Å². The number of ether oxygens (including phenoxy) is 1. The molecule has 0 spiro atoms. The maximum absolute atomic E-state index is 5.94. The molecule has 3 aliphatic rings. The monoisotopic (exact) mass is 467 g/mol. The van der Waals surface area contributed by atoms with Gasteiger partial charge in [0.1, 0.15) is 6.61 Å². The molecule has 5 rings (SSSR count). The number of nitrogens with zero attached hydrogens (tertiary/aromatic N) is 1. The van der Waals surface area contributed by atoms with E-state index in [1.165, 1.54) is 16.3 Å². The van der Waals surface area contributed by atoms with E-state index in [0.29, 0.717) is 6.61 Å². The molecule has 2 fully saturated rings. The van der Waals surface area contributed by atoms with Crippen molar-refractivity contribution in [3.63, 3.8) is 0 Å². The van der Waals surface area contributed by atoms with E-state index in [0.717, 1.165) is 11.8 Å². The quantitative estimate of drug-likeness (QED) is 0.454. The fourth-order valence-electron chi connectivity index (χ4n) is 3.41. The second kappa shape index (κ2) is 11.6. The number of hydrogen-bond donors (Lipinski definition) is 0. The van der Waals surface area contributed by atoms with Crippen molar-refractivity contribution in [1.29, 1.82) is 0 Å². The molecule has 31 heavy (non-hydrogen) atoms. The molecule has 4 heteroatoms. The van der Waals surface area contributed by atoms with Crippen LogP contribution in [-0.2, 0) is 21.8 Å². The van der Waals surface area contributed by atoms with Crippen LogP contribution >= 0.6 is 7.92 Å². The Kier molecular flexibility index (Phi) is 9.20. The average Bonchev–Trinajstić information content (AvgIpc) is 3.53. The summed E-state index contributed by atoms with van der Waals surface area (Å²) >= 11 is 0. The standard InChI is InChI=1S/C22H21NOP.C5H5.Fe/c1-22(2)16-24-21(23-22)19-14-9-15-20(19)25(17-10-5-3-6-11-17)18-12-7-4-8-13-18;1-2-4-5-3-1;/h3-15H,16H2,1-2H3;1-5H;/q;;+2. The van der Waals surface area contributed by atoms with E-state index in [-0.39, 0.29) is 22.6 Å². The predicted octanol–water partition coefficient (Wildman–Crippen LogP) is 5.08. The first-order valence-corrected chi connectivity index (χ1v) is 11.5. The Labute approximate surface area is 200 Å². The smallest absolute Gasteiger partial charge is 0.478 e. The van der Waals surface area contributed by atoms with Crippen molar-refractivity contribution in [2.45, 2.75) is 19.4 Å². The molecule has 0 aromatic heterocycles. The summed E-state index contributed by atoms with van der Waals surface area (Å²) < 4.78 is 5.94. The molecule has 2 aromatic carbocycles. The zero-order valence-corrected chi connectivity index (χ0v) is 19.8. The molecule has 0 unspecified atom stereocenters. The number of hydrogen-bond acceptors (Lipinski definition) is 2. The van der Waals surface area contributed by atoms with E-state index >= 15 is 0 Å². The molecule has 1 aliphatic heterocycles. The molecule has 10 radical (unpaired) electrons. The first-order valence-electron chi connectivity index (χ1n) is 10.2. The van der Waals surface area contributed by atoms with Crippen LogP contribution in [-0.4, -0.2) is 18.0 Å². The van der Waals surface area contributed by atoms with Gasteiger partial charge in [-0.3, -0.25) is 0 Å². The normalized spacial score (nSPS) is 20.5. The minimum absolute atomic E-state index is 0. The maximum atomic E-state index is 5.94. The van der Waals surface area contributed by atoms with Gasteiger partial charge in [-0.1, -0.05) is 60.7 Å². The summed E-state index contributed by atoms with van der Waals surface area (Å²) in [5.74, 6) is 1.91. The molecule has 1 heterocycles. The van der Waals surface area contributed by atoms with Gasteiger partial charge in [0.05, 0.1) is 11.5 Å². The van der Waals surface area contributed by atoms with E-state index < -0.39 is 7.92 Å². The maximum Gasteiger partial charge on any atom is 2.00 e. The molecule has 0 atom stereocenters. The minimum Gasteiger partial charge on any atom is -0.478 e. The van der Waals surface area contributed by atoms with E-state index in [2.05, 4.69) is 93.8 Å². The van der Waals surface area contributed by atoms with Gasteiger partial charge in [-0.2, -0.15) is 0 Å². The third-order valence-electron chi connectivity index (χ3n) is 4.81. The van der Waals surface area contributed by atoms with Crippen LogP contribution in [0.15, 0.2) is 65.7 Å². The Bertz CT molecular complexity index is 773. The number of benzene rings is 2. The second-order valence-corrected chi connectivity index (χ2v) is 10.00. The van der Waals surface area contributed by atoms with Crippen molar-refractivity contribution in [2.75, 3.05) is 6.61 Å². The molecule has 0 bridgehead atoms. The van der Waals surface area contributed by atoms with Crippen molar-refractivity contribution in [3.05, 3.63) is 124 Å². The van der Waals surface area contributed by atoms with Gasteiger partial charge in [0.25, 0.3) is 0 Å². The van der Waals surface area contributed by atoms with Crippen LogP contribution in [0.2, 0.25) is 0 Å². The van der Waals surface area contributed by atoms with E-state index in [9.17, 15) is 0 Å². The summed E-state index contributed by atoms with van der Waals surface area (Å²) in [4.78, 5) is 4.80. The summed E-state index contributed by atoms with van der Waals surface area (Å²) in [5, 5.41) is 2.68. The largest absolute Gasteiger partial charge is 2.00 e. The van der Waals surface area contributed by atoms with Crippen LogP contribution in [0.25, 0.3) is 0 Å². The molecule has 2 saturated carbocycles. The Morgan fingerprint density at radius 2 is 1.26 bits per heavy atom. The van der Waals surface area contributed by atoms with Gasteiger partial charge in [-0.05, 0) is 83.7 Å². The fraction of sp³-hybridized carbons (Fsp3) is 0.148. The van der Waals surface area contributed by atoms with Crippen molar-refractivity contribution < 1.29 is 21.8 Å². The molecule has 2 nitrogen and oxygen atoms in total. The minimum atomic E-state index is -0.638. The zero-order valence-electron chi connectivity index (χ0n) is 17.8. The molecular weight excluding hydrogens is 441 g/mol. The Morgan fingerprint density at radius 1 is 0.742 bits per heavy atom. The van der Waals surface area contributed by atoms with Crippen LogP contribution in [0.1, 0.15) is 13.8 Å². The zero-order chi connectivity index (χ0) is 20.8. The van der Waals surface area contributed by atoms with Crippen LogP contribution < -0.4 is 10.6 Å². The van der Waals surface area contributed by atoms with Gasteiger partial charge < -0.3 is 4.74 Å². The van der Waals surface area contributed by atoms with Gasteiger partial charge in [-0.25, -0.2) is 4.99 Å². The number of aliphatic imine (C=N–C) groups is 1. The van der Waals surface area contributed by atoms with Crippen LogP contribution in [0.4, 0.5) is 0 Å². The SMILES string of the molecule is CC1(C)COC([C]2[CH][CH][CH][C]2P(c2ccccc2)c2ccccc2)=N1.[CH]1[CH][CH][CH][CH]1.[Fe+2]. The third-order valence-corrected chi connectivity index (χ3v) is 7.32. The molecule has 156 valence electrons.